The van der Waals surface area contributed by atoms with Crippen LogP contribution in [0, 0.1) is 41.7 Å². The third-order valence-corrected chi connectivity index (χ3v) is 5.00. The van der Waals surface area contributed by atoms with Gasteiger partial charge in [0.05, 0.1) is 0 Å². The zero-order chi connectivity index (χ0) is 21.2. The average Bonchev–Trinajstić information content (AvgIpc) is 1.80. The molecule has 0 heterocycles. The fourth-order valence-electron chi connectivity index (χ4n) is 0.749. The van der Waals surface area contributed by atoms with Crippen LogP contribution in [-0.4, -0.2) is 61.0 Å². The van der Waals surface area contributed by atoms with Gasteiger partial charge in [-0.1, -0.05) is 0 Å². The van der Waals surface area contributed by atoms with Crippen LogP contribution in [-0.2, 0) is 4.12 Å². The van der Waals surface area contributed by atoms with Gasteiger partial charge in [-0.2, -0.15) is 0 Å². The van der Waals surface area contributed by atoms with Crippen LogP contribution in [0.25, 0.3) is 0 Å². The summed E-state index contributed by atoms with van der Waals surface area (Å²) in [5.41, 5.74) is 0. The van der Waals surface area contributed by atoms with Crippen LogP contribution in [0.4, 0.5) is 0 Å². The minimum Gasteiger partial charge on any atom is -0.436 e. The van der Waals surface area contributed by atoms with E-state index in [1.807, 2.05) is 58.9 Å². The van der Waals surface area contributed by atoms with E-state index in [2.05, 4.69) is 19.6 Å². The van der Waals surface area contributed by atoms with E-state index in [0.717, 1.165) is 0 Å². The van der Waals surface area contributed by atoms with Gasteiger partial charge in [0.25, 0.3) is 0 Å². The Morgan fingerprint density at radius 2 is 0.560 bits per heavy atom. The van der Waals surface area contributed by atoms with E-state index < -0.39 is 41.8 Å². The largest absolute Gasteiger partial charge is 0.436 e. The van der Waals surface area contributed by atoms with Gasteiger partial charge in [-0.15, -0.1) is 0 Å². The first-order valence-electron chi connectivity index (χ1n) is 8.30. The Hall–Kier alpha value is 2.26. The van der Waals surface area contributed by atoms with Gasteiger partial charge < -0.3 is 23.3 Å². The van der Waals surface area contributed by atoms with Crippen LogP contribution >= 0.6 is 0 Å². The number of hydrogen-bond acceptors (Lipinski definition) is 5. The molecule has 156 valence electrons. The first-order chi connectivity index (χ1) is 9.71. The van der Waals surface area contributed by atoms with Crippen LogP contribution < -0.4 is 0 Å². The predicted octanol–water partition coefficient (Wildman–Crippen LogP) is 3.97. The van der Waals surface area contributed by atoms with Gasteiger partial charge in [-0.25, -0.2) is 0 Å². The monoisotopic (exact) mass is 574 g/mol. The van der Waals surface area contributed by atoms with Gasteiger partial charge in [-0.3, -0.25) is 0 Å². The molecule has 0 rings (SSSR count). The quantitative estimate of drug-likeness (QED) is 0.375. The van der Waals surface area contributed by atoms with Crippen LogP contribution in [0.15, 0.2) is 0 Å². The van der Waals surface area contributed by atoms with Gasteiger partial charge in [0.2, 0.25) is 0 Å². The maximum absolute atomic E-state index is 9.30. The van der Waals surface area contributed by atoms with E-state index in [4.69, 9.17) is 18.5 Å². The average molecular weight is 575 g/mol. The summed E-state index contributed by atoms with van der Waals surface area (Å²) < 4.78 is 5.46. The molecule has 4 N–H and O–H groups in total. The van der Waals surface area contributed by atoms with Crippen LogP contribution in [0.1, 0.15) is 0 Å². The molecule has 0 bridgehead atoms. The molecule has 0 saturated carbocycles. The molecular formula is C14H46CeO5Si5. The van der Waals surface area contributed by atoms with Gasteiger partial charge in [0.1, 0.15) is 0 Å². The smallest absolute Gasteiger partial charge is 0.318 e. The van der Waals surface area contributed by atoms with E-state index in [0.29, 0.717) is 0 Å². The van der Waals surface area contributed by atoms with Crippen molar-refractivity contribution in [3.05, 3.63) is 0 Å². The molecule has 0 amide bonds. The molecular weight excluding hydrogens is 529 g/mol. The molecule has 0 saturated heterocycles. The van der Waals surface area contributed by atoms with E-state index in [1.165, 1.54) is 0 Å². The molecule has 0 spiro atoms. The zero-order valence-corrected chi connectivity index (χ0v) is 27.3. The Balaban J connectivity index is -0.0000000733. The molecule has 0 radical (unpaired) electrons. The molecule has 0 aliphatic carbocycles. The molecule has 0 aromatic carbocycles. The first-order valence-corrected chi connectivity index (χ1v) is 24.9. The number of rotatable bonds is 2. The molecule has 0 aromatic rings. The topological polar surface area (TPSA) is 90.2 Å². The zero-order valence-electron chi connectivity index (χ0n) is 19.2. The normalized spacial score (nSPS) is 12.2. The minimum absolute atomic E-state index is 0. The second-order valence-electron chi connectivity index (χ2n) is 10.2. The second kappa shape index (κ2) is 15.1. The van der Waals surface area contributed by atoms with Crippen molar-refractivity contribution < 1.29 is 65.0 Å². The maximum atomic E-state index is 9.30. The van der Waals surface area contributed by atoms with Crippen molar-refractivity contribution in [2.45, 2.75) is 91.7 Å². The van der Waals surface area contributed by atoms with Crippen molar-refractivity contribution in [3.63, 3.8) is 0 Å². The molecule has 25 heavy (non-hydrogen) atoms. The van der Waals surface area contributed by atoms with E-state index in [1.54, 1.807) is 13.1 Å². The Labute approximate surface area is 196 Å². The molecule has 0 fully saturated rings. The predicted molar refractivity (Wildman–Crippen MR) is 121 cm³/mol. The van der Waals surface area contributed by atoms with Crippen LogP contribution in [0.5, 0.6) is 0 Å². The SMILES string of the molecule is C[Si](C)(C)O.C[Si](C)(C)O.C[Si](C)(C)O.C[Si](C)(C)O[Si](C)(C)O.[Ce]. The maximum Gasteiger partial charge on any atom is 0.318 e. The van der Waals surface area contributed by atoms with Crippen LogP contribution in [0.3, 0.4) is 0 Å². The molecule has 11 heteroatoms. The van der Waals surface area contributed by atoms with Crippen molar-refractivity contribution in [2.24, 2.45) is 0 Å². The van der Waals surface area contributed by atoms with Gasteiger partial charge >= 0.3 is 8.56 Å². The summed E-state index contributed by atoms with van der Waals surface area (Å²) >= 11 is 0. The molecule has 0 aliphatic heterocycles. The summed E-state index contributed by atoms with van der Waals surface area (Å²) in [4.78, 5) is 35.3. The van der Waals surface area contributed by atoms with Crippen molar-refractivity contribution in [1.82, 2.24) is 0 Å². The van der Waals surface area contributed by atoms with Gasteiger partial charge in [0.15, 0.2) is 33.3 Å². The van der Waals surface area contributed by atoms with Gasteiger partial charge in [0, 0.05) is 41.7 Å². The molecule has 0 aliphatic rings. The Morgan fingerprint density at radius 1 is 0.440 bits per heavy atom. The van der Waals surface area contributed by atoms with Crippen molar-refractivity contribution in [2.75, 3.05) is 0 Å². The fourth-order valence-corrected chi connectivity index (χ4v) is 6.74. The van der Waals surface area contributed by atoms with Crippen LogP contribution in [0.2, 0.25) is 91.7 Å². The van der Waals surface area contributed by atoms with Crippen molar-refractivity contribution in [1.29, 1.82) is 0 Å². The first kappa shape index (κ1) is 37.9. The Kier molecular flexibility index (Phi) is 23.0. The second-order valence-corrected chi connectivity index (χ2v) is 31.1. The Morgan fingerprint density at radius 3 is 0.560 bits per heavy atom. The minimum atomic E-state index is -2.23. The summed E-state index contributed by atoms with van der Waals surface area (Å²) in [5, 5.41) is 0. The third-order valence-electron chi connectivity index (χ3n) is 0.556. The summed E-state index contributed by atoms with van der Waals surface area (Å²) in [5.74, 6) is 0. The van der Waals surface area contributed by atoms with E-state index in [-0.39, 0.29) is 41.7 Å². The molecule has 0 unspecified atom stereocenters. The summed E-state index contributed by atoms with van der Waals surface area (Å²) in [6, 6.07) is 0. The summed E-state index contributed by atoms with van der Waals surface area (Å²) in [7, 11) is -8.55. The third kappa shape index (κ3) is 226. The molecule has 0 atom stereocenters. The van der Waals surface area contributed by atoms with Crippen molar-refractivity contribution >= 4 is 41.8 Å². The number of hydrogen-bond donors (Lipinski definition) is 4. The molecule has 5 nitrogen and oxygen atoms in total. The Bertz CT molecular complexity index is 241. The standard InChI is InChI=1S/C5H16O2Si2.3C3H10OSi.Ce/c1-8(2,3)7-9(4,5)6;3*1-5(2,3)4;/h6H,1-5H3;3*4H,1-3H3;. The van der Waals surface area contributed by atoms with E-state index in [9.17, 15) is 4.80 Å². The summed E-state index contributed by atoms with van der Waals surface area (Å²) in [6.45, 7) is 26.8. The summed E-state index contributed by atoms with van der Waals surface area (Å²) in [6.07, 6.45) is 0. The van der Waals surface area contributed by atoms with Gasteiger partial charge in [-0.05, 0) is 91.7 Å². The fraction of sp³-hybridized carbons (Fsp3) is 1.00. The molecule has 0 aromatic heterocycles. The van der Waals surface area contributed by atoms with E-state index >= 15 is 0 Å². The van der Waals surface area contributed by atoms with Crippen molar-refractivity contribution in [3.8, 4) is 0 Å².